The molecule has 1 saturated heterocycles. The van der Waals surface area contributed by atoms with E-state index in [9.17, 15) is 8.78 Å². The van der Waals surface area contributed by atoms with Gasteiger partial charge < -0.3 is 9.30 Å². The normalized spacial score (nSPS) is 18.9. The lowest BCUT2D eigenvalue weighted by Gasteiger charge is -2.33. The zero-order chi connectivity index (χ0) is 19.0. The molecular formula is C21H23F2N3O. The molecular weight excluding hydrogens is 348 g/mol. The number of aryl methyl sites for hydroxylation is 1. The molecule has 1 unspecified atom stereocenters. The predicted molar refractivity (Wildman–Crippen MR) is 101 cm³/mol. The van der Waals surface area contributed by atoms with E-state index in [2.05, 4.69) is 22.0 Å². The molecule has 0 aliphatic carbocycles. The van der Waals surface area contributed by atoms with Crippen molar-refractivity contribution < 1.29 is 13.5 Å². The second-order valence-electron chi connectivity index (χ2n) is 7.29. The van der Waals surface area contributed by atoms with Gasteiger partial charge in [0.05, 0.1) is 30.1 Å². The second-order valence-corrected chi connectivity index (χ2v) is 7.29. The molecule has 27 heavy (non-hydrogen) atoms. The molecule has 1 fully saturated rings. The number of nitrogens with zero attached hydrogens (tertiary/aromatic N) is 3. The maximum atomic E-state index is 13.6. The van der Waals surface area contributed by atoms with E-state index in [-0.39, 0.29) is 11.7 Å². The summed E-state index contributed by atoms with van der Waals surface area (Å²) in [7, 11) is 1.98. The number of alkyl halides is 2. The lowest BCUT2D eigenvalue weighted by atomic mass is 10.0. The minimum Gasteiger partial charge on any atom is -0.371 e. The zero-order valence-corrected chi connectivity index (χ0v) is 15.5. The van der Waals surface area contributed by atoms with Gasteiger partial charge in [-0.25, -0.2) is 13.8 Å². The number of hydrogen-bond donors (Lipinski definition) is 0. The lowest BCUT2D eigenvalue weighted by molar-refractivity contribution is -0.0329. The first-order valence-electron chi connectivity index (χ1n) is 9.12. The Labute approximate surface area is 157 Å². The molecule has 0 N–H and O–H groups in total. The highest BCUT2D eigenvalue weighted by molar-refractivity contribution is 5.76. The Hall–Kier alpha value is -2.31. The average molecular weight is 371 g/mol. The molecule has 0 spiro atoms. The van der Waals surface area contributed by atoms with Crippen LogP contribution >= 0.6 is 0 Å². The van der Waals surface area contributed by atoms with Gasteiger partial charge in [-0.15, -0.1) is 0 Å². The van der Waals surface area contributed by atoms with Gasteiger partial charge >= 0.3 is 0 Å². The number of hydrogen-bond acceptors (Lipinski definition) is 3. The fourth-order valence-electron chi connectivity index (χ4n) is 3.59. The van der Waals surface area contributed by atoms with E-state index in [4.69, 9.17) is 4.74 Å². The fraction of sp³-hybridized carbons (Fsp3) is 0.381. The van der Waals surface area contributed by atoms with Crippen molar-refractivity contribution in [2.75, 3.05) is 19.7 Å². The fourth-order valence-corrected chi connectivity index (χ4v) is 3.59. The molecule has 0 radical (unpaired) electrons. The van der Waals surface area contributed by atoms with Gasteiger partial charge in [-0.3, -0.25) is 4.90 Å². The topological polar surface area (TPSA) is 30.3 Å². The van der Waals surface area contributed by atoms with Gasteiger partial charge in [-0.2, -0.15) is 0 Å². The van der Waals surface area contributed by atoms with Gasteiger partial charge in [0.1, 0.15) is 0 Å². The van der Waals surface area contributed by atoms with E-state index in [1.165, 1.54) is 6.07 Å². The van der Waals surface area contributed by atoms with Crippen LogP contribution in [-0.4, -0.2) is 34.1 Å². The Bertz CT molecular complexity index is 948. The van der Waals surface area contributed by atoms with Gasteiger partial charge in [0, 0.05) is 39.2 Å². The molecule has 2 heterocycles. The summed E-state index contributed by atoms with van der Waals surface area (Å²) in [6, 6.07) is 12.9. The zero-order valence-electron chi connectivity index (χ0n) is 15.5. The van der Waals surface area contributed by atoms with Crippen molar-refractivity contribution in [3.63, 3.8) is 0 Å². The van der Waals surface area contributed by atoms with Crippen LogP contribution in [0, 0.1) is 0 Å². The average Bonchev–Trinajstić information content (AvgIpc) is 3.02. The van der Waals surface area contributed by atoms with E-state index < -0.39 is 5.92 Å². The first-order chi connectivity index (χ1) is 12.9. The van der Waals surface area contributed by atoms with Crippen molar-refractivity contribution in [1.82, 2.24) is 14.5 Å². The summed E-state index contributed by atoms with van der Waals surface area (Å²) in [6.07, 6.45) is 1.77. The predicted octanol–water partition coefficient (Wildman–Crippen LogP) is 4.26. The number of morpholine rings is 1. The van der Waals surface area contributed by atoms with E-state index >= 15 is 0 Å². The minimum atomic E-state index is -2.82. The van der Waals surface area contributed by atoms with E-state index in [1.807, 2.05) is 23.7 Å². The molecule has 0 amide bonds. The lowest BCUT2D eigenvalue weighted by Crippen LogP contribution is -2.37. The van der Waals surface area contributed by atoms with Crippen LogP contribution in [0.1, 0.15) is 29.7 Å². The molecule has 1 aromatic heterocycles. The SMILES string of the molecule is Cn1cnc2ccc(C3CN(Cc4cccc(C(C)(F)F)c4)CCO3)cc21. The Balaban J connectivity index is 1.50. The summed E-state index contributed by atoms with van der Waals surface area (Å²) < 4.78 is 35.2. The largest absolute Gasteiger partial charge is 0.371 e. The Morgan fingerprint density at radius 1 is 1.22 bits per heavy atom. The molecule has 1 aliphatic heterocycles. The summed E-state index contributed by atoms with van der Waals surface area (Å²) in [6.45, 7) is 3.72. The van der Waals surface area contributed by atoms with Gasteiger partial charge in [0.25, 0.3) is 5.92 Å². The van der Waals surface area contributed by atoms with Crippen LogP contribution in [-0.2, 0) is 24.3 Å². The van der Waals surface area contributed by atoms with E-state index in [0.29, 0.717) is 13.2 Å². The van der Waals surface area contributed by atoms with Crippen molar-refractivity contribution in [1.29, 1.82) is 0 Å². The van der Waals surface area contributed by atoms with Gasteiger partial charge in [0.15, 0.2) is 0 Å². The maximum Gasteiger partial charge on any atom is 0.270 e. The number of benzene rings is 2. The number of aromatic nitrogens is 2. The molecule has 2 aromatic carbocycles. The number of halogens is 2. The van der Waals surface area contributed by atoms with Crippen LogP contribution in [0.3, 0.4) is 0 Å². The monoisotopic (exact) mass is 371 g/mol. The Morgan fingerprint density at radius 3 is 2.89 bits per heavy atom. The van der Waals surface area contributed by atoms with Crippen molar-refractivity contribution in [2.24, 2.45) is 7.05 Å². The number of rotatable bonds is 4. The number of ether oxygens (including phenoxy) is 1. The van der Waals surface area contributed by atoms with Gasteiger partial charge in [-0.1, -0.05) is 24.3 Å². The third-order valence-corrected chi connectivity index (χ3v) is 5.11. The number of fused-ring (bicyclic) bond motifs is 1. The smallest absolute Gasteiger partial charge is 0.270 e. The van der Waals surface area contributed by atoms with E-state index in [1.54, 1.807) is 18.5 Å². The van der Waals surface area contributed by atoms with Crippen LogP contribution in [0.15, 0.2) is 48.8 Å². The van der Waals surface area contributed by atoms with Crippen LogP contribution in [0.4, 0.5) is 8.78 Å². The first-order valence-corrected chi connectivity index (χ1v) is 9.12. The third kappa shape index (κ3) is 3.87. The molecule has 0 saturated carbocycles. The molecule has 3 aromatic rings. The Morgan fingerprint density at radius 2 is 2.07 bits per heavy atom. The van der Waals surface area contributed by atoms with Gasteiger partial charge in [0.2, 0.25) is 0 Å². The maximum absolute atomic E-state index is 13.6. The van der Waals surface area contributed by atoms with Gasteiger partial charge in [-0.05, 0) is 29.3 Å². The summed E-state index contributed by atoms with van der Waals surface area (Å²) in [5.41, 5.74) is 4.12. The second kappa shape index (κ2) is 7.02. The van der Waals surface area contributed by atoms with E-state index in [0.717, 1.165) is 42.2 Å². The number of imidazole rings is 1. The Kier molecular flexibility index (Phi) is 4.70. The van der Waals surface area contributed by atoms with Crippen molar-refractivity contribution in [2.45, 2.75) is 25.5 Å². The van der Waals surface area contributed by atoms with Crippen LogP contribution in [0.2, 0.25) is 0 Å². The first kappa shape index (κ1) is 18.1. The molecule has 1 aliphatic rings. The molecule has 4 rings (SSSR count). The highest BCUT2D eigenvalue weighted by atomic mass is 19.3. The van der Waals surface area contributed by atoms with Crippen LogP contribution in [0.25, 0.3) is 11.0 Å². The molecule has 6 heteroatoms. The highest BCUT2D eigenvalue weighted by Crippen LogP contribution is 2.29. The standard InChI is InChI=1S/C21H23F2N3O/c1-21(22,23)17-5-3-4-15(10-17)12-26-8-9-27-20(13-26)16-6-7-18-19(11-16)25(2)14-24-18/h3-7,10-11,14,20H,8-9,12-13H2,1-2H3. The van der Waals surface area contributed by atoms with Crippen LogP contribution < -0.4 is 0 Å². The quantitative estimate of drug-likeness (QED) is 0.687. The summed E-state index contributed by atoms with van der Waals surface area (Å²) >= 11 is 0. The summed E-state index contributed by atoms with van der Waals surface area (Å²) in [5, 5.41) is 0. The van der Waals surface area contributed by atoms with Crippen LogP contribution in [0.5, 0.6) is 0 Å². The summed E-state index contributed by atoms with van der Waals surface area (Å²) in [5.74, 6) is -2.82. The highest BCUT2D eigenvalue weighted by Gasteiger charge is 2.26. The molecule has 1 atom stereocenters. The molecule has 142 valence electrons. The molecule has 4 nitrogen and oxygen atoms in total. The van der Waals surface area contributed by atoms with Crippen molar-refractivity contribution >= 4 is 11.0 Å². The minimum absolute atomic E-state index is 0.0335. The van der Waals surface area contributed by atoms with Crippen molar-refractivity contribution in [3.05, 3.63) is 65.5 Å². The third-order valence-electron chi connectivity index (χ3n) is 5.11. The molecule has 0 bridgehead atoms. The van der Waals surface area contributed by atoms with Crippen molar-refractivity contribution in [3.8, 4) is 0 Å². The summed E-state index contributed by atoms with van der Waals surface area (Å²) in [4.78, 5) is 6.61.